The van der Waals surface area contributed by atoms with E-state index >= 15 is 0 Å². The molecule has 0 amide bonds. The summed E-state index contributed by atoms with van der Waals surface area (Å²) in [5, 5.41) is 0. The minimum Gasteiger partial charge on any atom is -0.380 e. The van der Waals surface area contributed by atoms with Gasteiger partial charge >= 0.3 is 5.69 Å². The second-order valence-electron chi connectivity index (χ2n) is 7.74. The van der Waals surface area contributed by atoms with Crippen LogP contribution in [-0.4, -0.2) is 38.4 Å². The largest absolute Gasteiger partial charge is 0.380 e. The van der Waals surface area contributed by atoms with Crippen LogP contribution in [0.1, 0.15) is 19.4 Å². The van der Waals surface area contributed by atoms with Crippen molar-refractivity contribution in [2.24, 2.45) is 13.0 Å². The Morgan fingerprint density at radius 3 is 2.76 bits per heavy atom. The number of benzene rings is 1. The Kier molecular flexibility index (Phi) is 5.04. The van der Waals surface area contributed by atoms with Crippen LogP contribution < -0.4 is 16.1 Å². The van der Waals surface area contributed by atoms with Crippen molar-refractivity contribution in [2.75, 3.05) is 24.7 Å². The molecule has 8 heteroatoms. The van der Waals surface area contributed by atoms with Crippen molar-refractivity contribution in [3.05, 3.63) is 50.7 Å². The number of anilines is 2. The average molecular weight is 397 g/mol. The lowest BCUT2D eigenvalue weighted by Crippen LogP contribution is -2.41. The van der Waals surface area contributed by atoms with Gasteiger partial charge in [-0.1, -0.05) is 19.1 Å². The van der Waals surface area contributed by atoms with Gasteiger partial charge in [0.2, 0.25) is 5.95 Å². The Labute approximate surface area is 169 Å². The Morgan fingerprint density at radius 1 is 1.24 bits per heavy atom. The topological polar surface area (TPSA) is 74.3 Å². The third kappa shape index (κ3) is 3.27. The summed E-state index contributed by atoms with van der Waals surface area (Å²) in [5.41, 5.74) is 2.42. The summed E-state index contributed by atoms with van der Waals surface area (Å²) in [4.78, 5) is 32.9. The summed E-state index contributed by atoms with van der Waals surface area (Å²) in [6.07, 6.45) is 0. The van der Waals surface area contributed by atoms with E-state index in [2.05, 4.69) is 30.9 Å². The SMILES string of the molecule is CCOCCn1c(=O)c2c(nc3n2CC(C)CN3c2cccc(C)c2)n(C)c1=O. The van der Waals surface area contributed by atoms with Crippen LogP contribution in [0.15, 0.2) is 33.9 Å². The highest BCUT2D eigenvalue weighted by Crippen LogP contribution is 2.33. The molecule has 154 valence electrons. The van der Waals surface area contributed by atoms with E-state index in [4.69, 9.17) is 9.72 Å². The quantitative estimate of drug-likeness (QED) is 0.616. The molecule has 1 aliphatic heterocycles. The first-order chi connectivity index (χ1) is 13.9. The number of fused-ring (bicyclic) bond motifs is 3. The Hall–Kier alpha value is -2.87. The van der Waals surface area contributed by atoms with Crippen molar-refractivity contribution in [3.8, 4) is 0 Å². The molecular weight excluding hydrogens is 370 g/mol. The molecule has 0 saturated heterocycles. The van der Waals surface area contributed by atoms with Crippen LogP contribution in [0.5, 0.6) is 0 Å². The Morgan fingerprint density at radius 2 is 2.03 bits per heavy atom. The van der Waals surface area contributed by atoms with Crippen LogP contribution in [0.4, 0.5) is 11.6 Å². The van der Waals surface area contributed by atoms with Gasteiger partial charge in [0.15, 0.2) is 11.2 Å². The zero-order chi connectivity index (χ0) is 20.7. The summed E-state index contributed by atoms with van der Waals surface area (Å²) in [7, 11) is 1.67. The average Bonchev–Trinajstić information content (AvgIpc) is 3.08. The van der Waals surface area contributed by atoms with Crippen LogP contribution >= 0.6 is 0 Å². The first-order valence-electron chi connectivity index (χ1n) is 10.0. The van der Waals surface area contributed by atoms with E-state index in [1.807, 2.05) is 23.6 Å². The van der Waals surface area contributed by atoms with Gasteiger partial charge in [0.25, 0.3) is 5.56 Å². The molecule has 0 aliphatic carbocycles. The number of aromatic nitrogens is 4. The van der Waals surface area contributed by atoms with Gasteiger partial charge in [-0.2, -0.15) is 4.98 Å². The first kappa shape index (κ1) is 19.4. The van der Waals surface area contributed by atoms with E-state index in [0.29, 0.717) is 42.8 Å². The standard InChI is InChI=1S/C21H27N5O3/c1-5-29-10-9-24-19(27)17-18(23(4)21(24)28)22-20-25(12-15(3)13-26(17)20)16-8-6-7-14(2)11-16/h6-8,11,15H,5,9-10,12-13H2,1-4H3. The smallest absolute Gasteiger partial charge is 0.332 e. The Balaban J connectivity index is 1.93. The molecule has 8 nitrogen and oxygen atoms in total. The molecule has 3 heterocycles. The van der Waals surface area contributed by atoms with Crippen molar-refractivity contribution in [3.63, 3.8) is 0 Å². The Bertz CT molecular complexity index is 1170. The molecule has 1 unspecified atom stereocenters. The highest BCUT2D eigenvalue weighted by atomic mass is 16.5. The lowest BCUT2D eigenvalue weighted by Gasteiger charge is -2.33. The summed E-state index contributed by atoms with van der Waals surface area (Å²) < 4.78 is 10.0. The van der Waals surface area contributed by atoms with Crippen LogP contribution in [0.2, 0.25) is 0 Å². The van der Waals surface area contributed by atoms with E-state index in [-0.39, 0.29) is 17.8 Å². The van der Waals surface area contributed by atoms with Gasteiger partial charge in [0.1, 0.15) is 0 Å². The number of ether oxygens (including phenoxy) is 1. The minimum atomic E-state index is -0.368. The van der Waals surface area contributed by atoms with Gasteiger partial charge in [0.05, 0.1) is 13.2 Å². The molecule has 0 saturated carbocycles. The summed E-state index contributed by atoms with van der Waals surface area (Å²) in [6, 6.07) is 8.24. The van der Waals surface area contributed by atoms with Crippen molar-refractivity contribution in [2.45, 2.75) is 33.9 Å². The third-order valence-corrected chi connectivity index (χ3v) is 5.42. The van der Waals surface area contributed by atoms with E-state index in [0.717, 1.165) is 17.8 Å². The fourth-order valence-corrected chi connectivity index (χ4v) is 4.02. The van der Waals surface area contributed by atoms with Gasteiger partial charge in [-0.15, -0.1) is 0 Å². The highest BCUT2D eigenvalue weighted by molar-refractivity contribution is 5.77. The summed E-state index contributed by atoms with van der Waals surface area (Å²) in [5.74, 6) is 1.03. The fourth-order valence-electron chi connectivity index (χ4n) is 4.02. The highest BCUT2D eigenvalue weighted by Gasteiger charge is 2.29. The molecule has 2 aromatic heterocycles. The zero-order valence-electron chi connectivity index (χ0n) is 17.4. The lowest BCUT2D eigenvalue weighted by molar-refractivity contribution is 0.137. The molecular formula is C21H27N5O3. The van der Waals surface area contributed by atoms with E-state index in [1.54, 1.807) is 7.05 Å². The molecule has 1 aliphatic rings. The molecule has 1 atom stereocenters. The monoisotopic (exact) mass is 397 g/mol. The van der Waals surface area contributed by atoms with Gasteiger partial charge in [-0.05, 0) is 37.5 Å². The maximum Gasteiger partial charge on any atom is 0.332 e. The second-order valence-corrected chi connectivity index (χ2v) is 7.74. The zero-order valence-corrected chi connectivity index (χ0v) is 17.4. The number of nitrogens with zero attached hydrogens (tertiary/aromatic N) is 5. The molecule has 0 N–H and O–H groups in total. The maximum atomic E-state index is 13.2. The normalized spacial score (nSPS) is 16.4. The summed E-state index contributed by atoms with van der Waals surface area (Å²) in [6.45, 7) is 8.69. The third-order valence-electron chi connectivity index (χ3n) is 5.42. The van der Waals surface area contributed by atoms with Crippen LogP contribution in [0.25, 0.3) is 11.2 Å². The molecule has 0 radical (unpaired) electrons. The molecule has 0 bridgehead atoms. The van der Waals surface area contributed by atoms with Gasteiger partial charge in [-0.3, -0.25) is 13.9 Å². The van der Waals surface area contributed by atoms with Crippen LogP contribution in [0.3, 0.4) is 0 Å². The van der Waals surface area contributed by atoms with Crippen LogP contribution in [-0.2, 0) is 24.9 Å². The molecule has 3 aromatic rings. The fraction of sp³-hybridized carbons (Fsp3) is 0.476. The van der Waals surface area contributed by atoms with Gasteiger partial charge in [-0.25, -0.2) is 4.79 Å². The number of imidazole rings is 1. The van der Waals surface area contributed by atoms with Crippen molar-refractivity contribution in [1.29, 1.82) is 0 Å². The second kappa shape index (κ2) is 7.51. The van der Waals surface area contributed by atoms with E-state index in [9.17, 15) is 9.59 Å². The number of hydrogen-bond acceptors (Lipinski definition) is 5. The predicted octanol–water partition coefficient (Wildman–Crippen LogP) is 2.03. The first-order valence-corrected chi connectivity index (χ1v) is 10.0. The molecule has 0 fully saturated rings. The number of aryl methyl sites for hydroxylation is 2. The summed E-state index contributed by atoms with van der Waals surface area (Å²) >= 11 is 0. The molecule has 0 spiro atoms. The molecule has 4 rings (SSSR count). The van der Waals surface area contributed by atoms with Gasteiger partial charge in [0, 0.05) is 32.4 Å². The number of hydrogen-bond donors (Lipinski definition) is 0. The minimum absolute atomic E-state index is 0.229. The number of rotatable bonds is 5. The van der Waals surface area contributed by atoms with Crippen molar-refractivity contribution >= 4 is 22.8 Å². The molecule has 29 heavy (non-hydrogen) atoms. The lowest BCUT2D eigenvalue weighted by atomic mass is 10.1. The van der Waals surface area contributed by atoms with E-state index < -0.39 is 0 Å². The molecule has 1 aromatic carbocycles. The maximum absolute atomic E-state index is 13.2. The van der Waals surface area contributed by atoms with Gasteiger partial charge < -0.3 is 14.2 Å². The van der Waals surface area contributed by atoms with Crippen LogP contribution in [0, 0.1) is 12.8 Å². The predicted molar refractivity (Wildman–Crippen MR) is 113 cm³/mol. The van der Waals surface area contributed by atoms with E-state index in [1.165, 1.54) is 9.13 Å². The van der Waals surface area contributed by atoms with Crippen molar-refractivity contribution < 1.29 is 4.74 Å². The van der Waals surface area contributed by atoms with Crippen molar-refractivity contribution in [1.82, 2.24) is 18.7 Å².